The van der Waals surface area contributed by atoms with Gasteiger partial charge >= 0.3 is 6.18 Å². The summed E-state index contributed by atoms with van der Waals surface area (Å²) >= 11 is 0. The molecule has 210 valence electrons. The summed E-state index contributed by atoms with van der Waals surface area (Å²) in [6.07, 6.45) is 1.42. The number of pyridine rings is 1. The molecule has 1 aromatic carbocycles. The lowest BCUT2D eigenvalue weighted by atomic mass is 9.70. The van der Waals surface area contributed by atoms with E-state index in [0.717, 1.165) is 56.5 Å². The molecule has 1 aliphatic heterocycles. The average molecular weight is 546 g/mol. The third-order valence-electron chi connectivity index (χ3n) is 7.80. The molecule has 0 radical (unpaired) electrons. The monoisotopic (exact) mass is 545 g/mol. The van der Waals surface area contributed by atoms with E-state index in [1.54, 1.807) is 20.3 Å². The number of amides is 3. The van der Waals surface area contributed by atoms with Gasteiger partial charge in [-0.25, -0.2) is 0 Å². The van der Waals surface area contributed by atoms with E-state index in [1.165, 1.54) is 17.0 Å². The summed E-state index contributed by atoms with van der Waals surface area (Å²) in [5.74, 6) is -0.680. The standard InChI is InChI=1S/C28H34F3N5O3/c1-36(2)26(39)20-8-11-23(33-15-20)18-6-9-21(10-7-18)27(12-13-32-17-27)35-24(37)16-34-25(38)19-4-3-5-22(14-19)28(29,30)31/h3-5,8,11,14-15,18,21,32H,6-7,9-10,12-13,16-17H2,1-2H3,(H,34,38)(H,35,37)/t18?,21?,27-/m0/s1. The van der Waals surface area contributed by atoms with E-state index in [4.69, 9.17) is 0 Å². The fraction of sp³-hybridized carbons (Fsp3) is 0.500. The van der Waals surface area contributed by atoms with Gasteiger partial charge in [-0.1, -0.05) is 6.07 Å². The minimum absolute atomic E-state index is 0.0878. The van der Waals surface area contributed by atoms with Gasteiger partial charge in [-0.15, -0.1) is 0 Å². The lowest BCUT2D eigenvalue weighted by Gasteiger charge is -2.41. The van der Waals surface area contributed by atoms with E-state index >= 15 is 0 Å². The second kappa shape index (κ2) is 11.7. The molecule has 1 saturated carbocycles. The largest absolute Gasteiger partial charge is 0.416 e. The zero-order valence-electron chi connectivity index (χ0n) is 22.1. The van der Waals surface area contributed by atoms with Gasteiger partial charge in [0.25, 0.3) is 11.8 Å². The summed E-state index contributed by atoms with van der Waals surface area (Å²) < 4.78 is 38.9. The molecule has 8 nitrogen and oxygen atoms in total. The average Bonchev–Trinajstić information content (AvgIpc) is 3.40. The molecule has 3 amide bonds. The van der Waals surface area contributed by atoms with Crippen LogP contribution in [-0.4, -0.2) is 66.9 Å². The maximum Gasteiger partial charge on any atom is 0.416 e. The number of carbonyl (C=O) groups excluding carboxylic acids is 3. The molecule has 1 atom stereocenters. The summed E-state index contributed by atoms with van der Waals surface area (Å²) in [6, 6.07) is 7.85. The Morgan fingerprint density at radius 2 is 1.82 bits per heavy atom. The van der Waals surface area contributed by atoms with E-state index in [-0.39, 0.29) is 35.8 Å². The minimum Gasteiger partial charge on any atom is -0.348 e. The molecule has 0 bridgehead atoms. The van der Waals surface area contributed by atoms with Crippen LogP contribution in [-0.2, 0) is 11.0 Å². The summed E-state index contributed by atoms with van der Waals surface area (Å²) in [5, 5.41) is 8.92. The number of nitrogens with one attached hydrogen (secondary N) is 3. The van der Waals surface area contributed by atoms with Gasteiger partial charge in [0, 0.05) is 44.0 Å². The van der Waals surface area contributed by atoms with Crippen molar-refractivity contribution in [2.75, 3.05) is 33.7 Å². The van der Waals surface area contributed by atoms with Crippen molar-refractivity contribution in [2.45, 2.75) is 49.7 Å². The third-order valence-corrected chi connectivity index (χ3v) is 7.80. The van der Waals surface area contributed by atoms with Crippen LogP contribution in [0.25, 0.3) is 0 Å². The quantitative estimate of drug-likeness (QED) is 0.495. The second-order valence-corrected chi connectivity index (χ2v) is 10.6. The van der Waals surface area contributed by atoms with Crippen molar-refractivity contribution in [3.8, 4) is 0 Å². The predicted molar refractivity (Wildman–Crippen MR) is 139 cm³/mol. The van der Waals surface area contributed by atoms with E-state index in [9.17, 15) is 27.6 Å². The van der Waals surface area contributed by atoms with Crippen LogP contribution in [0.4, 0.5) is 13.2 Å². The number of carbonyl (C=O) groups is 3. The molecule has 1 aliphatic carbocycles. The number of nitrogens with zero attached hydrogens (tertiary/aromatic N) is 2. The molecule has 1 saturated heterocycles. The van der Waals surface area contributed by atoms with Crippen LogP contribution in [0.15, 0.2) is 42.6 Å². The lowest BCUT2D eigenvalue weighted by Crippen LogP contribution is -2.57. The van der Waals surface area contributed by atoms with E-state index in [1.807, 2.05) is 12.1 Å². The Balaban J connectivity index is 1.32. The Labute approximate surface area is 225 Å². The van der Waals surface area contributed by atoms with Crippen LogP contribution >= 0.6 is 0 Å². The van der Waals surface area contributed by atoms with Crippen molar-refractivity contribution in [1.82, 2.24) is 25.8 Å². The van der Waals surface area contributed by atoms with Crippen molar-refractivity contribution in [3.05, 3.63) is 65.0 Å². The van der Waals surface area contributed by atoms with Gasteiger partial charge in [0.15, 0.2) is 0 Å². The van der Waals surface area contributed by atoms with Crippen molar-refractivity contribution in [3.63, 3.8) is 0 Å². The van der Waals surface area contributed by atoms with Gasteiger partial charge in [-0.3, -0.25) is 19.4 Å². The number of rotatable bonds is 7. The first-order valence-corrected chi connectivity index (χ1v) is 13.1. The van der Waals surface area contributed by atoms with Crippen molar-refractivity contribution < 1.29 is 27.6 Å². The highest BCUT2D eigenvalue weighted by atomic mass is 19.4. The topological polar surface area (TPSA) is 103 Å². The molecule has 0 spiro atoms. The van der Waals surface area contributed by atoms with Crippen molar-refractivity contribution >= 4 is 17.7 Å². The molecule has 1 aromatic heterocycles. The fourth-order valence-electron chi connectivity index (χ4n) is 5.66. The first-order chi connectivity index (χ1) is 18.5. The number of halogens is 3. The molecule has 2 fully saturated rings. The van der Waals surface area contributed by atoms with Crippen LogP contribution in [0.1, 0.15) is 70.0 Å². The summed E-state index contributed by atoms with van der Waals surface area (Å²) in [4.78, 5) is 43.5. The predicted octanol–water partition coefficient (Wildman–Crippen LogP) is 3.35. The Morgan fingerprint density at radius 1 is 1.08 bits per heavy atom. The summed E-state index contributed by atoms with van der Waals surface area (Å²) in [7, 11) is 3.41. The first-order valence-electron chi connectivity index (χ1n) is 13.1. The van der Waals surface area contributed by atoms with Gasteiger partial charge < -0.3 is 20.9 Å². The van der Waals surface area contributed by atoms with Crippen molar-refractivity contribution in [1.29, 1.82) is 0 Å². The summed E-state index contributed by atoms with van der Waals surface area (Å²) in [5.41, 5.74) is -0.00134. The van der Waals surface area contributed by atoms with Gasteiger partial charge in [0.1, 0.15) is 0 Å². The third kappa shape index (κ3) is 6.76. The molecule has 0 unspecified atom stereocenters. The highest BCUT2D eigenvalue weighted by molar-refractivity contribution is 5.96. The number of hydrogen-bond acceptors (Lipinski definition) is 5. The van der Waals surface area contributed by atoms with E-state index in [2.05, 4.69) is 20.9 Å². The van der Waals surface area contributed by atoms with E-state index < -0.39 is 23.2 Å². The Hall–Kier alpha value is -3.47. The lowest BCUT2D eigenvalue weighted by molar-refractivity contribution is -0.137. The number of aromatic nitrogens is 1. The summed E-state index contributed by atoms with van der Waals surface area (Å²) in [6.45, 7) is 1.06. The maximum absolute atomic E-state index is 13.0. The highest BCUT2D eigenvalue weighted by Crippen LogP contribution is 2.41. The van der Waals surface area contributed by atoms with Crippen molar-refractivity contribution in [2.24, 2.45) is 5.92 Å². The molecule has 3 N–H and O–H groups in total. The molecule has 2 aromatic rings. The molecule has 39 heavy (non-hydrogen) atoms. The number of hydrogen-bond donors (Lipinski definition) is 3. The molecule has 2 heterocycles. The van der Waals surface area contributed by atoms with Gasteiger partial charge in [-0.2, -0.15) is 13.2 Å². The highest BCUT2D eigenvalue weighted by Gasteiger charge is 2.44. The molecular formula is C28H34F3N5O3. The molecule has 11 heteroatoms. The Kier molecular flexibility index (Phi) is 8.58. The molecular weight excluding hydrogens is 511 g/mol. The SMILES string of the molecule is CN(C)C(=O)c1ccc(C2CCC([C@]3(NC(=O)CNC(=O)c4cccc(C(F)(F)F)c4)CCNC3)CC2)nc1. The van der Waals surface area contributed by atoms with E-state index in [0.29, 0.717) is 12.1 Å². The van der Waals surface area contributed by atoms with Crippen LogP contribution < -0.4 is 16.0 Å². The van der Waals surface area contributed by atoms with Crippen LogP contribution in [0.2, 0.25) is 0 Å². The van der Waals surface area contributed by atoms with Gasteiger partial charge in [-0.05, 0) is 74.9 Å². The number of benzene rings is 1. The Morgan fingerprint density at radius 3 is 2.41 bits per heavy atom. The Bertz CT molecular complexity index is 1190. The van der Waals surface area contributed by atoms with Gasteiger partial charge in [0.2, 0.25) is 5.91 Å². The zero-order valence-corrected chi connectivity index (χ0v) is 22.1. The molecule has 2 aliphatic rings. The van der Waals surface area contributed by atoms with Gasteiger partial charge in [0.05, 0.1) is 23.2 Å². The fourth-order valence-corrected chi connectivity index (χ4v) is 5.66. The molecule has 4 rings (SSSR count). The normalized spacial score (nSPS) is 23.2. The smallest absolute Gasteiger partial charge is 0.348 e. The maximum atomic E-state index is 13.0. The van der Waals surface area contributed by atoms with Crippen LogP contribution in [0.5, 0.6) is 0 Å². The minimum atomic E-state index is -4.56. The van der Waals surface area contributed by atoms with Crippen LogP contribution in [0, 0.1) is 5.92 Å². The zero-order chi connectivity index (χ0) is 28.2. The van der Waals surface area contributed by atoms with Crippen LogP contribution in [0.3, 0.4) is 0 Å². The second-order valence-electron chi connectivity index (χ2n) is 10.6. The first kappa shape index (κ1) is 28.5. The number of alkyl halides is 3.